The van der Waals surface area contributed by atoms with Gasteiger partial charge in [-0.25, -0.2) is 9.18 Å². The quantitative estimate of drug-likeness (QED) is 0.554. The summed E-state index contributed by atoms with van der Waals surface area (Å²) in [5, 5.41) is 22.7. The van der Waals surface area contributed by atoms with E-state index in [4.69, 9.17) is 9.84 Å². The summed E-state index contributed by atoms with van der Waals surface area (Å²) in [6.45, 7) is -0.121. The lowest BCUT2D eigenvalue weighted by Gasteiger charge is -2.13. The van der Waals surface area contributed by atoms with E-state index in [0.29, 0.717) is 5.75 Å². The number of rotatable bonds is 8. The Kier molecular flexibility index (Phi) is 6.96. The molecular formula is C13H17FN2O5. The van der Waals surface area contributed by atoms with Gasteiger partial charge in [0.25, 0.3) is 0 Å². The van der Waals surface area contributed by atoms with Gasteiger partial charge in [0.05, 0.1) is 6.42 Å². The lowest BCUT2D eigenvalue weighted by atomic mass is 10.3. The minimum absolute atomic E-state index is 0.00331. The molecule has 0 saturated heterocycles. The first-order chi connectivity index (χ1) is 9.97. The summed E-state index contributed by atoms with van der Waals surface area (Å²) in [6.07, 6.45) is -1.12. The predicted molar refractivity (Wildman–Crippen MR) is 71.6 cm³/mol. The van der Waals surface area contributed by atoms with Gasteiger partial charge in [0.1, 0.15) is 24.3 Å². The van der Waals surface area contributed by atoms with Crippen molar-refractivity contribution in [2.45, 2.75) is 12.5 Å². The topological polar surface area (TPSA) is 108 Å². The zero-order chi connectivity index (χ0) is 15.7. The molecule has 0 fully saturated rings. The van der Waals surface area contributed by atoms with Gasteiger partial charge >= 0.3 is 12.0 Å². The van der Waals surface area contributed by atoms with Crippen molar-refractivity contribution in [2.24, 2.45) is 0 Å². The molecule has 0 saturated carbocycles. The SMILES string of the molecule is O=C(O)CCNC(=O)NCC(O)COc1ccc(F)cc1. The molecule has 0 aromatic heterocycles. The molecule has 7 nitrogen and oxygen atoms in total. The summed E-state index contributed by atoms with van der Waals surface area (Å²) < 4.78 is 17.9. The van der Waals surface area contributed by atoms with Gasteiger partial charge in [0.15, 0.2) is 0 Å². The van der Waals surface area contributed by atoms with Crippen molar-refractivity contribution in [1.82, 2.24) is 10.6 Å². The molecule has 1 aromatic carbocycles. The van der Waals surface area contributed by atoms with Gasteiger partial charge in [-0.15, -0.1) is 0 Å². The second-order valence-electron chi connectivity index (χ2n) is 4.20. The molecule has 2 amide bonds. The van der Waals surface area contributed by atoms with Crippen LogP contribution in [0.3, 0.4) is 0 Å². The highest BCUT2D eigenvalue weighted by molar-refractivity contribution is 5.74. The molecule has 0 aliphatic rings. The first-order valence-electron chi connectivity index (χ1n) is 6.27. The van der Waals surface area contributed by atoms with Crippen LogP contribution in [0.1, 0.15) is 6.42 Å². The van der Waals surface area contributed by atoms with E-state index in [9.17, 15) is 19.1 Å². The second-order valence-corrected chi connectivity index (χ2v) is 4.20. The van der Waals surface area contributed by atoms with E-state index < -0.39 is 18.1 Å². The van der Waals surface area contributed by atoms with Crippen LogP contribution in [0.15, 0.2) is 24.3 Å². The van der Waals surface area contributed by atoms with Crippen LogP contribution in [0.5, 0.6) is 5.75 Å². The van der Waals surface area contributed by atoms with Crippen LogP contribution < -0.4 is 15.4 Å². The maximum Gasteiger partial charge on any atom is 0.314 e. The normalized spacial score (nSPS) is 11.5. The molecular weight excluding hydrogens is 283 g/mol. The highest BCUT2D eigenvalue weighted by Gasteiger charge is 2.08. The first kappa shape index (κ1) is 16.7. The Morgan fingerprint density at radius 3 is 2.52 bits per heavy atom. The minimum Gasteiger partial charge on any atom is -0.491 e. The predicted octanol–water partition coefficient (Wildman–Crippen LogP) is 0.339. The van der Waals surface area contributed by atoms with Crippen molar-refractivity contribution in [3.05, 3.63) is 30.1 Å². The molecule has 116 valence electrons. The van der Waals surface area contributed by atoms with Crippen molar-refractivity contribution in [1.29, 1.82) is 0 Å². The van der Waals surface area contributed by atoms with Gasteiger partial charge in [0, 0.05) is 13.1 Å². The molecule has 0 radical (unpaired) electrons. The zero-order valence-corrected chi connectivity index (χ0v) is 11.2. The van der Waals surface area contributed by atoms with Gasteiger partial charge in [0.2, 0.25) is 0 Å². The third-order valence-corrected chi connectivity index (χ3v) is 2.38. The average Bonchev–Trinajstić information content (AvgIpc) is 2.44. The fourth-order valence-corrected chi connectivity index (χ4v) is 1.34. The van der Waals surface area contributed by atoms with Crippen molar-refractivity contribution >= 4 is 12.0 Å². The number of aliphatic carboxylic acids is 1. The largest absolute Gasteiger partial charge is 0.491 e. The number of benzene rings is 1. The molecule has 1 rings (SSSR count). The van der Waals surface area contributed by atoms with Crippen molar-refractivity contribution in [3.63, 3.8) is 0 Å². The van der Waals surface area contributed by atoms with Crippen LogP contribution in [-0.2, 0) is 4.79 Å². The van der Waals surface area contributed by atoms with E-state index in [0.717, 1.165) is 0 Å². The highest BCUT2D eigenvalue weighted by atomic mass is 19.1. The second kappa shape index (κ2) is 8.75. The van der Waals surface area contributed by atoms with Gasteiger partial charge in [-0.2, -0.15) is 0 Å². The van der Waals surface area contributed by atoms with E-state index in [1.807, 2.05) is 0 Å². The summed E-state index contributed by atoms with van der Waals surface area (Å²) in [5.74, 6) is -0.994. The lowest BCUT2D eigenvalue weighted by molar-refractivity contribution is -0.136. The van der Waals surface area contributed by atoms with E-state index in [-0.39, 0.29) is 31.9 Å². The third-order valence-electron chi connectivity index (χ3n) is 2.38. The van der Waals surface area contributed by atoms with Gasteiger partial charge in [-0.1, -0.05) is 0 Å². The van der Waals surface area contributed by atoms with Crippen LogP contribution >= 0.6 is 0 Å². The van der Waals surface area contributed by atoms with Crippen LogP contribution in [0, 0.1) is 5.82 Å². The number of hydrogen-bond donors (Lipinski definition) is 4. The molecule has 0 aliphatic heterocycles. The summed E-state index contributed by atoms with van der Waals surface area (Å²) in [7, 11) is 0. The summed E-state index contributed by atoms with van der Waals surface area (Å²) in [6, 6.07) is 4.74. The van der Waals surface area contributed by atoms with Gasteiger partial charge in [-0.3, -0.25) is 4.79 Å². The van der Waals surface area contributed by atoms with Crippen LogP contribution in [0.2, 0.25) is 0 Å². The summed E-state index contributed by atoms with van der Waals surface area (Å²) >= 11 is 0. The van der Waals surface area contributed by atoms with Crippen molar-refractivity contribution in [2.75, 3.05) is 19.7 Å². The maximum atomic E-state index is 12.7. The molecule has 8 heteroatoms. The Morgan fingerprint density at radius 1 is 1.24 bits per heavy atom. The van der Waals surface area contributed by atoms with Gasteiger partial charge < -0.3 is 25.6 Å². The maximum absolute atomic E-state index is 12.7. The number of hydrogen-bond acceptors (Lipinski definition) is 4. The van der Waals surface area contributed by atoms with Crippen LogP contribution in [0.4, 0.5) is 9.18 Å². The van der Waals surface area contributed by atoms with E-state index in [2.05, 4.69) is 10.6 Å². The van der Waals surface area contributed by atoms with Crippen molar-refractivity contribution < 1.29 is 28.9 Å². The molecule has 0 aliphatic carbocycles. The highest BCUT2D eigenvalue weighted by Crippen LogP contribution is 2.11. The van der Waals surface area contributed by atoms with Crippen LogP contribution in [0.25, 0.3) is 0 Å². The van der Waals surface area contributed by atoms with Gasteiger partial charge in [-0.05, 0) is 24.3 Å². The van der Waals surface area contributed by atoms with E-state index in [1.165, 1.54) is 24.3 Å². The third kappa shape index (κ3) is 7.73. The molecule has 4 N–H and O–H groups in total. The number of carbonyl (C=O) groups is 2. The lowest BCUT2D eigenvalue weighted by Crippen LogP contribution is -2.41. The summed E-state index contributed by atoms with van der Waals surface area (Å²) in [4.78, 5) is 21.5. The van der Waals surface area contributed by atoms with Crippen molar-refractivity contribution in [3.8, 4) is 5.75 Å². The molecule has 0 spiro atoms. The molecule has 1 unspecified atom stereocenters. The number of ether oxygens (including phenoxy) is 1. The molecule has 0 heterocycles. The zero-order valence-electron chi connectivity index (χ0n) is 11.2. The smallest absolute Gasteiger partial charge is 0.314 e. The van der Waals surface area contributed by atoms with E-state index in [1.54, 1.807) is 0 Å². The molecule has 1 atom stereocenters. The Labute approximate surface area is 120 Å². The molecule has 0 bridgehead atoms. The number of aliphatic hydroxyl groups is 1. The fourth-order valence-electron chi connectivity index (χ4n) is 1.34. The molecule has 21 heavy (non-hydrogen) atoms. The number of nitrogens with one attached hydrogen (secondary N) is 2. The number of halogens is 1. The Balaban J connectivity index is 2.15. The monoisotopic (exact) mass is 300 g/mol. The average molecular weight is 300 g/mol. The van der Waals surface area contributed by atoms with E-state index >= 15 is 0 Å². The minimum atomic E-state index is -1.01. The Hall–Kier alpha value is -2.35. The molecule has 1 aromatic rings. The fraction of sp³-hybridized carbons (Fsp3) is 0.385. The number of amides is 2. The van der Waals surface area contributed by atoms with Crippen LogP contribution in [-0.4, -0.2) is 48.0 Å². The Bertz CT molecular complexity index is 466. The standard InChI is InChI=1S/C13H17FN2O5/c14-9-1-3-11(4-2-9)21-8-10(17)7-16-13(20)15-6-5-12(18)19/h1-4,10,17H,5-8H2,(H,18,19)(H2,15,16,20). The first-order valence-corrected chi connectivity index (χ1v) is 6.27. The number of carboxylic acid groups (broad SMARTS) is 1. The summed E-state index contributed by atoms with van der Waals surface area (Å²) in [5.41, 5.74) is 0. The number of carbonyl (C=O) groups excluding carboxylic acids is 1. The number of carboxylic acids is 1. The number of aliphatic hydroxyl groups excluding tert-OH is 1. The Morgan fingerprint density at radius 2 is 1.90 bits per heavy atom. The number of urea groups is 1.